The summed E-state index contributed by atoms with van der Waals surface area (Å²) < 4.78 is 0. The molecule has 0 spiro atoms. The molecule has 1 aromatic carbocycles. The van der Waals surface area contributed by atoms with Crippen LogP contribution in [0.2, 0.25) is 0 Å². The SMILES string of the molecule is CCCN(CCC)C(=O)c1cc(N2CCCc3ccccc32)ccn1. The van der Waals surface area contributed by atoms with Crippen LogP contribution in [0.4, 0.5) is 11.4 Å². The van der Waals surface area contributed by atoms with E-state index in [-0.39, 0.29) is 5.91 Å². The Hall–Kier alpha value is -2.36. The Morgan fingerprint density at radius 1 is 1.16 bits per heavy atom. The highest BCUT2D eigenvalue weighted by Gasteiger charge is 2.20. The quantitative estimate of drug-likeness (QED) is 0.782. The van der Waals surface area contributed by atoms with Gasteiger partial charge >= 0.3 is 0 Å². The van der Waals surface area contributed by atoms with E-state index in [1.54, 1.807) is 6.20 Å². The molecule has 0 fully saturated rings. The molecule has 1 aliphatic rings. The van der Waals surface area contributed by atoms with Crippen molar-refractivity contribution in [3.05, 3.63) is 53.9 Å². The molecule has 0 radical (unpaired) electrons. The van der Waals surface area contributed by atoms with E-state index in [9.17, 15) is 4.79 Å². The van der Waals surface area contributed by atoms with Gasteiger partial charge in [-0.1, -0.05) is 32.0 Å². The van der Waals surface area contributed by atoms with Gasteiger partial charge < -0.3 is 9.80 Å². The van der Waals surface area contributed by atoms with Crippen molar-refractivity contribution in [1.82, 2.24) is 9.88 Å². The minimum absolute atomic E-state index is 0.0378. The fourth-order valence-corrected chi connectivity index (χ4v) is 3.52. The van der Waals surface area contributed by atoms with Crippen LogP contribution >= 0.6 is 0 Å². The largest absolute Gasteiger partial charge is 0.341 e. The van der Waals surface area contributed by atoms with E-state index in [1.807, 2.05) is 17.0 Å². The molecule has 0 aliphatic carbocycles. The summed E-state index contributed by atoms with van der Waals surface area (Å²) in [7, 11) is 0. The number of para-hydroxylation sites is 1. The average Bonchev–Trinajstić information content (AvgIpc) is 2.67. The molecule has 0 N–H and O–H groups in total. The van der Waals surface area contributed by atoms with Crippen LogP contribution in [-0.4, -0.2) is 35.4 Å². The predicted molar refractivity (Wildman–Crippen MR) is 102 cm³/mol. The summed E-state index contributed by atoms with van der Waals surface area (Å²) >= 11 is 0. The van der Waals surface area contributed by atoms with Crippen molar-refractivity contribution < 1.29 is 4.79 Å². The van der Waals surface area contributed by atoms with E-state index in [0.29, 0.717) is 5.69 Å². The zero-order valence-corrected chi connectivity index (χ0v) is 15.2. The second kappa shape index (κ2) is 8.15. The molecule has 4 nitrogen and oxygen atoms in total. The molecule has 2 heterocycles. The summed E-state index contributed by atoms with van der Waals surface area (Å²) in [6.45, 7) is 6.74. The number of amides is 1. The molecular formula is C21H27N3O. The van der Waals surface area contributed by atoms with Gasteiger partial charge in [0.15, 0.2) is 0 Å². The lowest BCUT2D eigenvalue weighted by Gasteiger charge is -2.31. The number of hydrogen-bond donors (Lipinski definition) is 0. The molecule has 0 bridgehead atoms. The van der Waals surface area contributed by atoms with Crippen molar-refractivity contribution >= 4 is 17.3 Å². The molecule has 1 amide bonds. The summed E-state index contributed by atoms with van der Waals surface area (Å²) in [6, 6.07) is 12.5. The van der Waals surface area contributed by atoms with Crippen molar-refractivity contribution in [3.63, 3.8) is 0 Å². The molecule has 4 heteroatoms. The zero-order valence-electron chi connectivity index (χ0n) is 15.2. The number of benzene rings is 1. The van der Waals surface area contributed by atoms with Gasteiger partial charge in [0.1, 0.15) is 5.69 Å². The molecule has 0 atom stereocenters. The number of fused-ring (bicyclic) bond motifs is 1. The molecule has 1 aliphatic heterocycles. The number of hydrogen-bond acceptors (Lipinski definition) is 3. The van der Waals surface area contributed by atoms with E-state index in [1.165, 1.54) is 11.3 Å². The van der Waals surface area contributed by atoms with Crippen LogP contribution in [0, 0.1) is 0 Å². The highest BCUT2D eigenvalue weighted by Crippen LogP contribution is 2.33. The fraction of sp³-hybridized carbons (Fsp3) is 0.429. The lowest BCUT2D eigenvalue weighted by Crippen LogP contribution is -2.33. The Balaban J connectivity index is 1.88. The molecule has 3 rings (SSSR count). The van der Waals surface area contributed by atoms with E-state index < -0.39 is 0 Å². The van der Waals surface area contributed by atoms with Crippen LogP contribution in [0.3, 0.4) is 0 Å². The van der Waals surface area contributed by atoms with Gasteiger partial charge in [0, 0.05) is 37.2 Å². The van der Waals surface area contributed by atoms with Crippen LogP contribution in [-0.2, 0) is 6.42 Å². The maximum atomic E-state index is 12.9. The first-order valence-corrected chi connectivity index (χ1v) is 9.35. The average molecular weight is 337 g/mol. The molecule has 0 saturated heterocycles. The highest BCUT2D eigenvalue weighted by molar-refractivity contribution is 5.93. The first-order valence-electron chi connectivity index (χ1n) is 9.35. The standard InChI is InChI=1S/C21H27N3O/c1-3-13-23(14-4-2)21(25)19-16-18(11-12-22-19)24-15-7-9-17-8-5-6-10-20(17)24/h5-6,8,10-12,16H,3-4,7,9,13-15H2,1-2H3. The Bertz CT molecular complexity index is 723. The third kappa shape index (κ3) is 3.84. The van der Waals surface area contributed by atoms with Crippen molar-refractivity contribution in [2.24, 2.45) is 0 Å². The summed E-state index contributed by atoms with van der Waals surface area (Å²) in [6.07, 6.45) is 5.93. The number of pyridine rings is 1. The molecule has 0 unspecified atom stereocenters. The Kier molecular flexibility index (Phi) is 5.69. The zero-order chi connectivity index (χ0) is 17.6. The fourth-order valence-electron chi connectivity index (χ4n) is 3.52. The van der Waals surface area contributed by atoms with Crippen LogP contribution in [0.1, 0.15) is 49.2 Å². The van der Waals surface area contributed by atoms with Gasteiger partial charge in [0.05, 0.1) is 0 Å². The second-order valence-corrected chi connectivity index (χ2v) is 6.58. The number of carbonyl (C=O) groups excluding carboxylic acids is 1. The van der Waals surface area contributed by atoms with Crippen molar-refractivity contribution in [2.45, 2.75) is 39.5 Å². The molecule has 0 saturated carbocycles. The number of anilines is 2. The monoisotopic (exact) mass is 337 g/mol. The number of aryl methyl sites for hydroxylation is 1. The third-order valence-electron chi connectivity index (χ3n) is 4.66. The lowest BCUT2D eigenvalue weighted by molar-refractivity contribution is 0.0749. The van der Waals surface area contributed by atoms with Gasteiger partial charge in [-0.2, -0.15) is 0 Å². The summed E-state index contributed by atoms with van der Waals surface area (Å²) in [5, 5.41) is 0. The normalized spacial score (nSPS) is 13.4. The number of rotatable bonds is 6. The number of nitrogens with zero attached hydrogens (tertiary/aromatic N) is 3. The smallest absolute Gasteiger partial charge is 0.272 e. The Morgan fingerprint density at radius 2 is 1.92 bits per heavy atom. The Labute approximate surface area is 150 Å². The van der Waals surface area contributed by atoms with Crippen LogP contribution in [0.25, 0.3) is 0 Å². The Morgan fingerprint density at radius 3 is 2.68 bits per heavy atom. The first kappa shape index (κ1) is 17.5. The van der Waals surface area contributed by atoms with E-state index >= 15 is 0 Å². The van der Waals surface area contributed by atoms with Crippen molar-refractivity contribution in [3.8, 4) is 0 Å². The highest BCUT2D eigenvalue weighted by atomic mass is 16.2. The molecule has 25 heavy (non-hydrogen) atoms. The molecular weight excluding hydrogens is 310 g/mol. The summed E-state index contributed by atoms with van der Waals surface area (Å²) in [5.74, 6) is 0.0378. The van der Waals surface area contributed by atoms with E-state index in [4.69, 9.17) is 0 Å². The minimum atomic E-state index is 0.0378. The number of aromatic nitrogens is 1. The summed E-state index contributed by atoms with van der Waals surface area (Å²) in [5.41, 5.74) is 4.22. The first-order chi connectivity index (χ1) is 12.2. The predicted octanol–water partition coefficient (Wildman–Crippen LogP) is 4.43. The summed E-state index contributed by atoms with van der Waals surface area (Å²) in [4.78, 5) is 21.4. The van der Waals surface area contributed by atoms with Gasteiger partial charge in [-0.3, -0.25) is 9.78 Å². The molecule has 1 aromatic heterocycles. The van der Waals surface area contributed by atoms with Gasteiger partial charge in [0.2, 0.25) is 0 Å². The molecule has 132 valence electrons. The topological polar surface area (TPSA) is 36.4 Å². The van der Waals surface area contributed by atoms with Gasteiger partial charge in [-0.25, -0.2) is 0 Å². The maximum absolute atomic E-state index is 12.9. The van der Waals surface area contributed by atoms with Crippen LogP contribution in [0.5, 0.6) is 0 Å². The van der Waals surface area contributed by atoms with Crippen LogP contribution < -0.4 is 4.90 Å². The van der Waals surface area contributed by atoms with E-state index in [2.05, 4.69) is 48.0 Å². The third-order valence-corrected chi connectivity index (χ3v) is 4.66. The van der Waals surface area contributed by atoms with E-state index in [0.717, 1.165) is 51.0 Å². The van der Waals surface area contributed by atoms with Crippen molar-refractivity contribution in [1.29, 1.82) is 0 Å². The lowest BCUT2D eigenvalue weighted by atomic mass is 10.0. The number of carbonyl (C=O) groups is 1. The van der Waals surface area contributed by atoms with Crippen molar-refractivity contribution in [2.75, 3.05) is 24.5 Å². The van der Waals surface area contributed by atoms with Gasteiger partial charge in [0.25, 0.3) is 5.91 Å². The maximum Gasteiger partial charge on any atom is 0.272 e. The van der Waals surface area contributed by atoms with Gasteiger partial charge in [-0.15, -0.1) is 0 Å². The van der Waals surface area contributed by atoms with Gasteiger partial charge in [-0.05, 0) is 49.4 Å². The second-order valence-electron chi connectivity index (χ2n) is 6.58. The minimum Gasteiger partial charge on any atom is -0.341 e. The van der Waals surface area contributed by atoms with Crippen LogP contribution in [0.15, 0.2) is 42.6 Å². The molecule has 2 aromatic rings.